The van der Waals surface area contributed by atoms with Crippen LogP contribution in [0.3, 0.4) is 0 Å². The first-order chi connectivity index (χ1) is 10.7. The second-order valence-corrected chi connectivity index (χ2v) is 5.31. The predicted octanol–water partition coefficient (Wildman–Crippen LogP) is 3.78. The molecule has 3 nitrogen and oxygen atoms in total. The summed E-state index contributed by atoms with van der Waals surface area (Å²) in [6.07, 6.45) is 0.218. The van der Waals surface area contributed by atoms with Crippen molar-refractivity contribution in [1.82, 2.24) is 5.32 Å². The van der Waals surface area contributed by atoms with Gasteiger partial charge < -0.3 is 10.1 Å². The molecule has 0 saturated heterocycles. The van der Waals surface area contributed by atoms with Crippen LogP contribution in [0.5, 0.6) is 5.75 Å². The van der Waals surface area contributed by atoms with Crippen LogP contribution in [0.1, 0.15) is 29.3 Å². The number of carbonyl (C=O) groups excluding carboxylic acids is 1. The number of hydrogen-bond acceptors (Lipinski definition) is 3. The number of ketones is 1. The fourth-order valence-corrected chi connectivity index (χ4v) is 2.21. The minimum Gasteiger partial charge on any atom is -0.494 e. The highest BCUT2D eigenvalue weighted by atomic mass is 32.1. The second-order valence-electron chi connectivity index (χ2n) is 4.82. The minimum absolute atomic E-state index is 0.00797. The van der Waals surface area contributed by atoms with Gasteiger partial charge in [0.05, 0.1) is 18.0 Å². The summed E-state index contributed by atoms with van der Waals surface area (Å²) in [5.41, 5.74) is 1.78. The summed E-state index contributed by atoms with van der Waals surface area (Å²) in [4.78, 5) is 12.7. The van der Waals surface area contributed by atoms with E-state index >= 15 is 0 Å². The first-order valence-electron chi connectivity index (χ1n) is 7.25. The van der Waals surface area contributed by atoms with Crippen LogP contribution in [0.15, 0.2) is 54.6 Å². The lowest BCUT2D eigenvalue weighted by atomic mass is 10.1. The van der Waals surface area contributed by atoms with Crippen molar-refractivity contribution in [3.8, 4) is 5.75 Å². The maximum atomic E-state index is 12.2. The third-order valence-corrected chi connectivity index (χ3v) is 3.43. The van der Waals surface area contributed by atoms with Gasteiger partial charge in [-0.15, -0.1) is 0 Å². The maximum absolute atomic E-state index is 12.2. The van der Waals surface area contributed by atoms with Crippen LogP contribution in [0.2, 0.25) is 0 Å². The average Bonchev–Trinajstić information content (AvgIpc) is 2.55. The number of rotatable bonds is 7. The number of hydrogen-bond donors (Lipinski definition) is 1. The zero-order valence-electron chi connectivity index (χ0n) is 12.5. The number of benzene rings is 2. The topological polar surface area (TPSA) is 38.3 Å². The SMILES string of the molecule is CCOc1ccc(C(=O)CC(=S)NCc2ccccc2)cc1. The van der Waals surface area contributed by atoms with Gasteiger partial charge in [-0.25, -0.2) is 0 Å². The van der Waals surface area contributed by atoms with E-state index in [1.54, 1.807) is 24.3 Å². The number of nitrogens with one attached hydrogen (secondary N) is 1. The van der Waals surface area contributed by atoms with Crippen molar-refractivity contribution >= 4 is 23.0 Å². The van der Waals surface area contributed by atoms with Crippen LogP contribution < -0.4 is 10.1 Å². The summed E-state index contributed by atoms with van der Waals surface area (Å²) in [5.74, 6) is 0.775. The molecule has 0 saturated carbocycles. The van der Waals surface area contributed by atoms with Crippen molar-refractivity contribution in [2.45, 2.75) is 19.9 Å². The number of Topliss-reactive ketones (excluding diaryl/α,β-unsaturated/α-hetero) is 1. The molecule has 0 atom stereocenters. The molecule has 2 rings (SSSR count). The Morgan fingerprint density at radius 3 is 2.41 bits per heavy atom. The Labute approximate surface area is 136 Å². The Kier molecular flexibility index (Phi) is 6.10. The largest absolute Gasteiger partial charge is 0.494 e. The summed E-state index contributed by atoms with van der Waals surface area (Å²) < 4.78 is 5.36. The smallest absolute Gasteiger partial charge is 0.169 e. The third kappa shape index (κ3) is 4.97. The summed E-state index contributed by atoms with van der Waals surface area (Å²) >= 11 is 5.24. The summed E-state index contributed by atoms with van der Waals surface area (Å²) in [5, 5.41) is 3.12. The first kappa shape index (κ1) is 16.2. The highest BCUT2D eigenvalue weighted by Gasteiger charge is 2.09. The number of thiocarbonyl (C=S) groups is 1. The first-order valence-corrected chi connectivity index (χ1v) is 7.66. The molecule has 0 fully saturated rings. The molecule has 0 amide bonds. The van der Waals surface area contributed by atoms with Crippen molar-refractivity contribution in [2.24, 2.45) is 0 Å². The van der Waals surface area contributed by atoms with Crippen molar-refractivity contribution in [1.29, 1.82) is 0 Å². The molecular weight excluding hydrogens is 294 g/mol. The molecule has 0 aromatic heterocycles. The van der Waals surface area contributed by atoms with Crippen LogP contribution >= 0.6 is 12.2 Å². The van der Waals surface area contributed by atoms with Gasteiger partial charge in [-0.2, -0.15) is 0 Å². The Bertz CT molecular complexity index is 623. The molecule has 0 spiro atoms. The lowest BCUT2D eigenvalue weighted by Gasteiger charge is -2.08. The van der Waals surface area contributed by atoms with Gasteiger partial charge >= 0.3 is 0 Å². The zero-order chi connectivity index (χ0) is 15.8. The van der Waals surface area contributed by atoms with E-state index in [2.05, 4.69) is 5.32 Å². The van der Waals surface area contributed by atoms with E-state index in [9.17, 15) is 4.79 Å². The van der Waals surface area contributed by atoms with E-state index in [4.69, 9.17) is 17.0 Å². The molecule has 0 aliphatic carbocycles. The lowest BCUT2D eigenvalue weighted by molar-refractivity contribution is 0.100. The molecule has 0 aliphatic rings. The van der Waals surface area contributed by atoms with Crippen LogP contribution in [0.4, 0.5) is 0 Å². The summed E-state index contributed by atoms with van der Waals surface area (Å²) in [7, 11) is 0. The highest BCUT2D eigenvalue weighted by molar-refractivity contribution is 7.80. The highest BCUT2D eigenvalue weighted by Crippen LogP contribution is 2.13. The van der Waals surface area contributed by atoms with E-state index in [0.29, 0.717) is 23.7 Å². The second kappa shape index (κ2) is 8.29. The van der Waals surface area contributed by atoms with E-state index in [1.165, 1.54) is 0 Å². The summed E-state index contributed by atoms with van der Waals surface area (Å²) in [6.45, 7) is 3.17. The van der Waals surface area contributed by atoms with E-state index in [0.717, 1.165) is 11.3 Å². The maximum Gasteiger partial charge on any atom is 0.169 e. The molecule has 0 radical (unpaired) electrons. The van der Waals surface area contributed by atoms with Crippen molar-refractivity contribution < 1.29 is 9.53 Å². The van der Waals surface area contributed by atoms with Gasteiger partial charge in [-0.3, -0.25) is 4.79 Å². The number of ether oxygens (including phenoxy) is 1. The molecule has 2 aromatic carbocycles. The molecule has 22 heavy (non-hydrogen) atoms. The third-order valence-electron chi connectivity index (χ3n) is 3.14. The average molecular weight is 313 g/mol. The van der Waals surface area contributed by atoms with Crippen LogP contribution in [-0.2, 0) is 6.54 Å². The van der Waals surface area contributed by atoms with Gasteiger partial charge in [0, 0.05) is 12.1 Å². The zero-order valence-corrected chi connectivity index (χ0v) is 13.4. The van der Waals surface area contributed by atoms with E-state index in [1.807, 2.05) is 37.3 Å². The fraction of sp³-hybridized carbons (Fsp3) is 0.222. The van der Waals surface area contributed by atoms with Gasteiger partial charge in [-0.1, -0.05) is 42.5 Å². The standard InChI is InChI=1S/C18H19NO2S/c1-2-21-16-10-8-15(9-11-16)17(20)12-18(22)19-13-14-6-4-3-5-7-14/h3-11H,2,12-13H2,1H3,(H,19,22). The molecule has 1 N–H and O–H groups in total. The van der Waals surface area contributed by atoms with Crippen molar-refractivity contribution in [3.63, 3.8) is 0 Å². The monoisotopic (exact) mass is 313 g/mol. The Morgan fingerprint density at radius 1 is 1.09 bits per heavy atom. The lowest BCUT2D eigenvalue weighted by Crippen LogP contribution is -2.23. The molecule has 0 heterocycles. The molecule has 114 valence electrons. The van der Waals surface area contributed by atoms with Crippen LogP contribution in [0, 0.1) is 0 Å². The van der Waals surface area contributed by atoms with E-state index < -0.39 is 0 Å². The van der Waals surface area contributed by atoms with Gasteiger partial charge in [0.2, 0.25) is 0 Å². The van der Waals surface area contributed by atoms with E-state index in [-0.39, 0.29) is 12.2 Å². The van der Waals surface area contributed by atoms with Crippen LogP contribution in [0.25, 0.3) is 0 Å². The Hall–Kier alpha value is -2.20. The normalized spacial score (nSPS) is 10.0. The fourth-order valence-electron chi connectivity index (χ4n) is 2.01. The van der Waals surface area contributed by atoms with Gasteiger partial charge in [0.15, 0.2) is 5.78 Å². The quantitative estimate of drug-likeness (QED) is 0.624. The number of carbonyl (C=O) groups is 1. The van der Waals surface area contributed by atoms with Crippen molar-refractivity contribution in [2.75, 3.05) is 6.61 Å². The molecule has 2 aromatic rings. The molecule has 0 bridgehead atoms. The van der Waals surface area contributed by atoms with Crippen molar-refractivity contribution in [3.05, 3.63) is 65.7 Å². The Balaban J connectivity index is 1.84. The molecule has 0 aliphatic heterocycles. The van der Waals surface area contributed by atoms with Gasteiger partial charge in [0.25, 0.3) is 0 Å². The Morgan fingerprint density at radius 2 is 1.77 bits per heavy atom. The van der Waals surface area contributed by atoms with Crippen LogP contribution in [-0.4, -0.2) is 17.4 Å². The predicted molar refractivity (Wildman–Crippen MR) is 92.4 cm³/mol. The summed E-state index contributed by atoms with van der Waals surface area (Å²) in [6, 6.07) is 17.1. The molecular formula is C18H19NO2S. The van der Waals surface area contributed by atoms with Gasteiger partial charge in [0.1, 0.15) is 5.75 Å². The van der Waals surface area contributed by atoms with Gasteiger partial charge in [-0.05, 0) is 36.8 Å². The minimum atomic E-state index is 0.00797. The molecule has 4 heteroatoms. The molecule has 0 unspecified atom stereocenters.